The van der Waals surface area contributed by atoms with Crippen molar-refractivity contribution in [2.24, 2.45) is 0 Å². The number of rotatable bonds is 1. The van der Waals surface area contributed by atoms with Gasteiger partial charge < -0.3 is 5.21 Å². The molecule has 0 saturated heterocycles. The lowest BCUT2D eigenvalue weighted by Crippen LogP contribution is -2.35. The normalized spacial score (nSPS) is 22.5. The highest BCUT2D eigenvalue weighted by Gasteiger charge is 2.32. The smallest absolute Gasteiger partial charge is 0.141 e. The molecular weight excluding hydrogens is 210 g/mol. The minimum absolute atomic E-state index is 0.309. The second-order valence-electron chi connectivity index (χ2n) is 4.68. The van der Waals surface area contributed by atoms with Crippen LogP contribution >= 0.6 is 0 Å². The van der Waals surface area contributed by atoms with E-state index in [0.29, 0.717) is 6.54 Å². The summed E-state index contributed by atoms with van der Waals surface area (Å²) in [6, 6.07) is 15.9. The Balaban J connectivity index is 2.12. The Morgan fingerprint density at radius 2 is 1.71 bits per heavy atom. The van der Waals surface area contributed by atoms with E-state index in [1.807, 2.05) is 49.4 Å². The highest BCUT2D eigenvalue weighted by molar-refractivity contribution is 5.66. The first-order valence-electron chi connectivity index (χ1n) is 5.95. The average Bonchev–Trinajstić information content (AvgIpc) is 2.70. The largest absolute Gasteiger partial charge is 0.622 e. The van der Waals surface area contributed by atoms with Crippen molar-refractivity contribution in [1.82, 2.24) is 4.65 Å². The van der Waals surface area contributed by atoms with Gasteiger partial charge >= 0.3 is 0 Å². The third-order valence-electron chi connectivity index (χ3n) is 3.53. The van der Waals surface area contributed by atoms with E-state index in [0.717, 1.165) is 17.8 Å². The fraction of sp³-hybridized carbons (Fsp3) is 0.200. The molecule has 0 aromatic heterocycles. The molecule has 1 unspecified atom stereocenters. The summed E-state index contributed by atoms with van der Waals surface area (Å²) in [6.07, 6.45) is 0.869. The monoisotopic (exact) mass is 225 g/mol. The Bertz CT molecular complexity index is 547. The standard InChI is InChI=1S/C15H15NO/c1-12-6-8-14(9-7-12)16(17)11-10-13-4-2-3-5-15(13)16/h2-9H,10-11H2,1H3. The molecule has 1 aliphatic rings. The first-order chi connectivity index (χ1) is 8.20. The van der Waals surface area contributed by atoms with Gasteiger partial charge in [-0.25, -0.2) is 0 Å². The van der Waals surface area contributed by atoms with Crippen molar-refractivity contribution < 1.29 is 0 Å². The van der Waals surface area contributed by atoms with Gasteiger partial charge in [-0.1, -0.05) is 35.9 Å². The van der Waals surface area contributed by atoms with E-state index in [1.54, 1.807) is 0 Å². The van der Waals surface area contributed by atoms with Crippen LogP contribution in [0, 0.1) is 12.1 Å². The molecule has 0 spiro atoms. The number of benzene rings is 2. The van der Waals surface area contributed by atoms with Gasteiger partial charge in [0.25, 0.3) is 0 Å². The molecule has 2 aromatic carbocycles. The van der Waals surface area contributed by atoms with Gasteiger partial charge in [-0.3, -0.25) is 4.65 Å². The summed E-state index contributed by atoms with van der Waals surface area (Å²) in [7, 11) is 0. The van der Waals surface area contributed by atoms with Crippen LogP contribution < -0.4 is 4.65 Å². The third-order valence-corrected chi connectivity index (χ3v) is 3.53. The zero-order valence-electron chi connectivity index (χ0n) is 9.89. The van der Waals surface area contributed by atoms with Crippen molar-refractivity contribution in [1.29, 1.82) is 0 Å². The van der Waals surface area contributed by atoms with Crippen molar-refractivity contribution in [2.45, 2.75) is 13.3 Å². The molecule has 2 heteroatoms. The predicted octanol–water partition coefficient (Wildman–Crippen LogP) is 3.69. The summed E-state index contributed by atoms with van der Waals surface area (Å²) in [5.74, 6) is 0. The Labute approximate surface area is 101 Å². The van der Waals surface area contributed by atoms with Gasteiger partial charge in [-0.2, -0.15) is 0 Å². The molecule has 0 fully saturated rings. The first kappa shape index (κ1) is 10.5. The maximum absolute atomic E-state index is 13.0. The summed E-state index contributed by atoms with van der Waals surface area (Å²) >= 11 is 0. The fourth-order valence-corrected chi connectivity index (χ4v) is 2.53. The number of hydrogen-bond acceptors (Lipinski definition) is 1. The molecule has 86 valence electrons. The Kier molecular flexibility index (Phi) is 2.28. The Morgan fingerprint density at radius 1 is 1.00 bits per heavy atom. The number of hydrogen-bond donors (Lipinski definition) is 0. The lowest BCUT2D eigenvalue weighted by atomic mass is 10.1. The van der Waals surface area contributed by atoms with Crippen LogP contribution in [0.4, 0.5) is 11.4 Å². The van der Waals surface area contributed by atoms with Crippen LogP contribution in [0.5, 0.6) is 0 Å². The van der Waals surface area contributed by atoms with Gasteiger partial charge in [0.05, 0.1) is 6.54 Å². The second-order valence-corrected chi connectivity index (χ2v) is 4.68. The van der Waals surface area contributed by atoms with Crippen LogP contribution in [0.2, 0.25) is 0 Å². The first-order valence-corrected chi connectivity index (χ1v) is 5.95. The van der Waals surface area contributed by atoms with Gasteiger partial charge in [0.2, 0.25) is 0 Å². The summed E-state index contributed by atoms with van der Waals surface area (Å²) in [5.41, 5.74) is 4.10. The lowest BCUT2D eigenvalue weighted by Gasteiger charge is -2.38. The van der Waals surface area contributed by atoms with E-state index in [9.17, 15) is 5.21 Å². The highest BCUT2D eigenvalue weighted by atomic mass is 16.5. The molecule has 0 aliphatic carbocycles. The molecule has 0 radical (unpaired) electrons. The topological polar surface area (TPSA) is 23.1 Å². The lowest BCUT2D eigenvalue weighted by molar-refractivity contribution is 0.547. The van der Waals surface area contributed by atoms with Crippen LogP contribution in [-0.4, -0.2) is 6.54 Å². The molecule has 0 saturated carbocycles. The van der Waals surface area contributed by atoms with Crippen molar-refractivity contribution in [3.05, 3.63) is 64.9 Å². The summed E-state index contributed by atoms with van der Waals surface area (Å²) in [4.78, 5) is 0. The molecule has 0 N–H and O–H groups in total. The van der Waals surface area contributed by atoms with Crippen molar-refractivity contribution in [3.8, 4) is 0 Å². The van der Waals surface area contributed by atoms with Gasteiger partial charge in [0, 0.05) is 30.2 Å². The molecule has 3 rings (SSSR count). The van der Waals surface area contributed by atoms with Crippen molar-refractivity contribution in [2.75, 3.05) is 6.54 Å². The number of nitrogens with zero attached hydrogens (tertiary/aromatic N) is 1. The highest BCUT2D eigenvalue weighted by Crippen LogP contribution is 2.41. The molecule has 1 heterocycles. The number of aryl methyl sites for hydroxylation is 1. The minimum atomic E-state index is -0.309. The van der Waals surface area contributed by atoms with Gasteiger partial charge in [0.15, 0.2) is 0 Å². The molecule has 2 nitrogen and oxygen atoms in total. The van der Waals surface area contributed by atoms with E-state index in [-0.39, 0.29) is 4.65 Å². The summed E-state index contributed by atoms with van der Waals surface area (Å²) < 4.78 is -0.309. The molecule has 1 atom stereocenters. The second kappa shape index (κ2) is 3.69. The van der Waals surface area contributed by atoms with Crippen LogP contribution in [0.1, 0.15) is 11.1 Å². The fourth-order valence-electron chi connectivity index (χ4n) is 2.53. The third kappa shape index (κ3) is 1.57. The van der Waals surface area contributed by atoms with E-state index in [4.69, 9.17) is 0 Å². The number of hydroxylamine groups is 1. The summed E-state index contributed by atoms with van der Waals surface area (Å²) in [6.45, 7) is 2.65. The molecule has 1 aliphatic heterocycles. The van der Waals surface area contributed by atoms with E-state index < -0.39 is 0 Å². The van der Waals surface area contributed by atoms with Crippen molar-refractivity contribution >= 4 is 11.4 Å². The van der Waals surface area contributed by atoms with E-state index in [1.165, 1.54) is 11.1 Å². The van der Waals surface area contributed by atoms with Crippen LogP contribution in [0.15, 0.2) is 48.5 Å². The predicted molar refractivity (Wildman–Crippen MR) is 71.0 cm³/mol. The number of quaternary nitrogens is 1. The van der Waals surface area contributed by atoms with Crippen LogP contribution in [0.3, 0.4) is 0 Å². The quantitative estimate of drug-likeness (QED) is 0.536. The molecule has 0 amide bonds. The molecule has 2 aromatic rings. The van der Waals surface area contributed by atoms with Crippen LogP contribution in [0.25, 0.3) is 0 Å². The molecule has 17 heavy (non-hydrogen) atoms. The number of para-hydroxylation sites is 1. The van der Waals surface area contributed by atoms with Gasteiger partial charge in [0.1, 0.15) is 11.4 Å². The van der Waals surface area contributed by atoms with E-state index >= 15 is 0 Å². The summed E-state index contributed by atoms with van der Waals surface area (Å²) in [5, 5.41) is 13.0. The Morgan fingerprint density at radius 3 is 2.47 bits per heavy atom. The molecular formula is C15H15NO. The maximum Gasteiger partial charge on any atom is 0.141 e. The zero-order chi connectivity index (χ0) is 11.9. The van der Waals surface area contributed by atoms with E-state index in [2.05, 4.69) is 6.07 Å². The maximum atomic E-state index is 13.0. The zero-order valence-corrected chi connectivity index (χ0v) is 9.89. The van der Waals surface area contributed by atoms with Gasteiger partial charge in [-0.15, -0.1) is 0 Å². The number of fused-ring (bicyclic) bond motifs is 1. The van der Waals surface area contributed by atoms with Crippen molar-refractivity contribution in [3.63, 3.8) is 0 Å². The van der Waals surface area contributed by atoms with Crippen LogP contribution in [-0.2, 0) is 6.42 Å². The minimum Gasteiger partial charge on any atom is -0.622 e. The average molecular weight is 225 g/mol. The Hall–Kier alpha value is -1.64. The van der Waals surface area contributed by atoms with Gasteiger partial charge in [-0.05, 0) is 6.92 Å². The molecule has 0 bridgehead atoms. The SMILES string of the molecule is Cc1ccc([N+]2([O-])CCc3ccccc32)cc1.